The van der Waals surface area contributed by atoms with Crippen molar-refractivity contribution in [2.75, 3.05) is 12.8 Å². The van der Waals surface area contributed by atoms with E-state index in [9.17, 15) is 4.79 Å². The number of thioether (sulfide) groups is 1. The predicted octanol–water partition coefficient (Wildman–Crippen LogP) is 4.41. The fourth-order valence-corrected chi connectivity index (χ4v) is 5.27. The van der Waals surface area contributed by atoms with Crippen LogP contribution in [0.15, 0.2) is 11.2 Å². The smallest absolute Gasteiger partial charge is 0.261 e. The van der Waals surface area contributed by atoms with E-state index < -0.39 is 0 Å². The van der Waals surface area contributed by atoms with Gasteiger partial charge in [0.05, 0.1) is 4.88 Å². The quantitative estimate of drug-likeness (QED) is 0.534. The highest BCUT2D eigenvalue weighted by molar-refractivity contribution is 7.98. The first kappa shape index (κ1) is 19.4. The Balaban J connectivity index is 1.53. The third kappa shape index (κ3) is 4.31. The fraction of sp³-hybridized carbons (Fsp3) is 0.632. The van der Waals surface area contributed by atoms with E-state index in [2.05, 4.69) is 40.2 Å². The lowest BCUT2D eigenvalue weighted by molar-refractivity contribution is 0.0957. The van der Waals surface area contributed by atoms with Crippen molar-refractivity contribution in [1.82, 2.24) is 20.1 Å². The van der Waals surface area contributed by atoms with Crippen molar-refractivity contribution in [2.24, 2.45) is 0 Å². The van der Waals surface area contributed by atoms with Crippen LogP contribution in [-0.2, 0) is 12.8 Å². The third-order valence-electron chi connectivity index (χ3n) is 5.10. The number of carbonyl (C=O) groups excluding carboxylic acids is 1. The Bertz CT molecular complexity index is 747. The molecule has 3 rings (SSSR count). The van der Waals surface area contributed by atoms with E-state index in [1.807, 2.05) is 6.07 Å². The standard InChI is InChI=1S/C19H28N4OS2/c1-4-14-12-16(26-13(14)2)18(24)20-11-7-10-17-21-22-19(25-3)23(17)15-8-5-6-9-15/h12,15H,4-11H2,1-3H3,(H,20,24). The molecule has 2 aromatic heterocycles. The van der Waals surface area contributed by atoms with Crippen molar-refractivity contribution in [2.45, 2.75) is 70.0 Å². The van der Waals surface area contributed by atoms with E-state index in [-0.39, 0.29) is 5.91 Å². The van der Waals surface area contributed by atoms with Gasteiger partial charge >= 0.3 is 0 Å². The van der Waals surface area contributed by atoms with Crippen molar-refractivity contribution in [3.63, 3.8) is 0 Å². The summed E-state index contributed by atoms with van der Waals surface area (Å²) in [6.07, 6.45) is 9.83. The SMILES string of the molecule is CCc1cc(C(=O)NCCCc2nnc(SC)n2C2CCCC2)sc1C. The van der Waals surface area contributed by atoms with Gasteiger partial charge in [-0.05, 0) is 50.5 Å². The van der Waals surface area contributed by atoms with Gasteiger partial charge in [-0.15, -0.1) is 21.5 Å². The molecule has 142 valence electrons. The Labute approximate surface area is 164 Å². The summed E-state index contributed by atoms with van der Waals surface area (Å²) in [5, 5.41) is 12.8. The summed E-state index contributed by atoms with van der Waals surface area (Å²) in [4.78, 5) is 14.4. The average Bonchev–Trinajstić information content (AvgIpc) is 3.37. The lowest BCUT2D eigenvalue weighted by atomic mass is 10.2. The molecular weight excluding hydrogens is 364 g/mol. The summed E-state index contributed by atoms with van der Waals surface area (Å²) < 4.78 is 2.34. The molecule has 0 aromatic carbocycles. The molecule has 0 aliphatic heterocycles. The highest BCUT2D eigenvalue weighted by Crippen LogP contribution is 2.33. The molecule has 5 nitrogen and oxygen atoms in total. The second-order valence-electron chi connectivity index (χ2n) is 6.82. The summed E-state index contributed by atoms with van der Waals surface area (Å²) in [6.45, 7) is 4.88. The molecule has 0 radical (unpaired) electrons. The molecule has 1 amide bonds. The second kappa shape index (κ2) is 9.04. The van der Waals surface area contributed by atoms with Gasteiger partial charge in [0.2, 0.25) is 0 Å². The van der Waals surface area contributed by atoms with E-state index in [0.717, 1.165) is 35.1 Å². The van der Waals surface area contributed by atoms with Crippen LogP contribution in [-0.4, -0.2) is 33.5 Å². The van der Waals surface area contributed by atoms with Crippen molar-refractivity contribution >= 4 is 29.0 Å². The van der Waals surface area contributed by atoms with E-state index in [1.54, 1.807) is 23.1 Å². The molecule has 0 unspecified atom stereocenters. The molecule has 1 N–H and O–H groups in total. The van der Waals surface area contributed by atoms with Gasteiger partial charge in [-0.2, -0.15) is 0 Å². The van der Waals surface area contributed by atoms with Crippen molar-refractivity contribution in [1.29, 1.82) is 0 Å². The number of hydrogen-bond acceptors (Lipinski definition) is 5. The van der Waals surface area contributed by atoms with Crippen LogP contribution < -0.4 is 5.32 Å². The van der Waals surface area contributed by atoms with Crippen molar-refractivity contribution in [3.05, 3.63) is 27.2 Å². The molecule has 0 spiro atoms. The van der Waals surface area contributed by atoms with Crippen molar-refractivity contribution in [3.8, 4) is 0 Å². The number of carbonyl (C=O) groups is 1. The van der Waals surface area contributed by atoms with Crippen LogP contribution in [0, 0.1) is 6.92 Å². The van der Waals surface area contributed by atoms with Crippen LogP contribution in [0.2, 0.25) is 0 Å². The maximum absolute atomic E-state index is 12.3. The van der Waals surface area contributed by atoms with Gasteiger partial charge in [0.1, 0.15) is 5.82 Å². The van der Waals surface area contributed by atoms with Crippen LogP contribution >= 0.6 is 23.1 Å². The summed E-state index contributed by atoms with van der Waals surface area (Å²) in [5.41, 5.74) is 1.27. The molecule has 26 heavy (non-hydrogen) atoms. The highest BCUT2D eigenvalue weighted by atomic mass is 32.2. The van der Waals surface area contributed by atoms with Crippen LogP contribution in [0.1, 0.15) is 71.0 Å². The Morgan fingerprint density at radius 2 is 2.15 bits per heavy atom. The summed E-state index contributed by atoms with van der Waals surface area (Å²) in [7, 11) is 0. The number of nitrogens with zero attached hydrogens (tertiary/aromatic N) is 3. The van der Waals surface area contributed by atoms with E-state index in [1.165, 1.54) is 36.1 Å². The molecule has 0 bridgehead atoms. The number of hydrogen-bond donors (Lipinski definition) is 1. The summed E-state index contributed by atoms with van der Waals surface area (Å²) in [5.74, 6) is 1.11. The minimum Gasteiger partial charge on any atom is -0.351 e. The largest absolute Gasteiger partial charge is 0.351 e. The Morgan fingerprint density at radius 1 is 1.38 bits per heavy atom. The normalized spacial score (nSPS) is 14.9. The molecule has 2 heterocycles. The number of rotatable bonds is 8. The molecule has 1 aliphatic rings. The molecule has 1 aliphatic carbocycles. The van der Waals surface area contributed by atoms with E-state index >= 15 is 0 Å². The molecule has 2 aromatic rings. The minimum absolute atomic E-state index is 0.0415. The zero-order chi connectivity index (χ0) is 18.5. The maximum Gasteiger partial charge on any atom is 0.261 e. The van der Waals surface area contributed by atoms with Gasteiger partial charge < -0.3 is 9.88 Å². The fourth-order valence-electron chi connectivity index (χ4n) is 3.66. The van der Waals surface area contributed by atoms with Crippen LogP contribution in [0.5, 0.6) is 0 Å². The summed E-state index contributed by atoms with van der Waals surface area (Å²) >= 11 is 3.26. The third-order valence-corrected chi connectivity index (χ3v) is 6.83. The monoisotopic (exact) mass is 392 g/mol. The van der Waals surface area contributed by atoms with Gasteiger partial charge in [-0.3, -0.25) is 4.79 Å². The Hall–Kier alpha value is -1.34. The van der Waals surface area contributed by atoms with Gasteiger partial charge in [-0.1, -0.05) is 31.5 Å². The number of aryl methyl sites for hydroxylation is 3. The second-order valence-corrected chi connectivity index (χ2v) is 8.85. The molecule has 7 heteroatoms. The predicted molar refractivity (Wildman–Crippen MR) is 108 cm³/mol. The van der Waals surface area contributed by atoms with Gasteiger partial charge in [0.15, 0.2) is 5.16 Å². The number of amides is 1. The number of aromatic nitrogens is 3. The van der Waals surface area contributed by atoms with Gasteiger partial charge in [0.25, 0.3) is 5.91 Å². The Kier molecular flexibility index (Phi) is 6.75. The van der Waals surface area contributed by atoms with Gasteiger partial charge in [-0.25, -0.2) is 0 Å². The average molecular weight is 393 g/mol. The number of thiophene rings is 1. The molecular formula is C19H28N4OS2. The van der Waals surface area contributed by atoms with Crippen LogP contribution in [0.4, 0.5) is 0 Å². The zero-order valence-electron chi connectivity index (χ0n) is 15.9. The lowest BCUT2D eigenvalue weighted by Crippen LogP contribution is -2.24. The molecule has 0 atom stereocenters. The molecule has 0 saturated heterocycles. The van der Waals surface area contributed by atoms with Gasteiger partial charge in [0, 0.05) is 23.9 Å². The first-order valence-electron chi connectivity index (χ1n) is 9.49. The first-order valence-corrected chi connectivity index (χ1v) is 11.5. The maximum atomic E-state index is 12.3. The van der Waals surface area contributed by atoms with E-state index in [4.69, 9.17) is 0 Å². The summed E-state index contributed by atoms with van der Waals surface area (Å²) in [6, 6.07) is 2.58. The zero-order valence-corrected chi connectivity index (χ0v) is 17.5. The number of nitrogens with one attached hydrogen (secondary N) is 1. The molecule has 1 saturated carbocycles. The van der Waals surface area contributed by atoms with Crippen LogP contribution in [0.25, 0.3) is 0 Å². The highest BCUT2D eigenvalue weighted by Gasteiger charge is 2.23. The molecule has 1 fully saturated rings. The lowest BCUT2D eigenvalue weighted by Gasteiger charge is -2.16. The van der Waals surface area contributed by atoms with Crippen molar-refractivity contribution < 1.29 is 4.79 Å². The Morgan fingerprint density at radius 3 is 2.81 bits per heavy atom. The van der Waals surface area contributed by atoms with E-state index in [0.29, 0.717) is 12.6 Å². The minimum atomic E-state index is 0.0415. The van der Waals surface area contributed by atoms with Crippen LogP contribution in [0.3, 0.4) is 0 Å². The first-order chi connectivity index (χ1) is 12.6. The topological polar surface area (TPSA) is 59.8 Å².